The molecule has 2 fully saturated rings. The van der Waals surface area contributed by atoms with E-state index in [1.807, 2.05) is 0 Å². The summed E-state index contributed by atoms with van der Waals surface area (Å²) in [5.41, 5.74) is 0.450. The molecule has 2 rings (SSSR count). The molecule has 1 heterocycles. The van der Waals surface area contributed by atoms with Gasteiger partial charge in [-0.25, -0.2) is 0 Å². The molecule has 1 atom stereocenters. The molecule has 17 heavy (non-hydrogen) atoms. The summed E-state index contributed by atoms with van der Waals surface area (Å²) in [6, 6.07) is 0.735. The molecule has 0 aromatic heterocycles. The van der Waals surface area contributed by atoms with Crippen LogP contribution in [0.25, 0.3) is 0 Å². The fraction of sp³-hybridized carbons (Fsp3) is 0.867. The van der Waals surface area contributed by atoms with Gasteiger partial charge in [-0.2, -0.15) is 0 Å². The Kier molecular flexibility index (Phi) is 4.63. The van der Waals surface area contributed by atoms with Crippen molar-refractivity contribution in [2.75, 3.05) is 19.6 Å². The fourth-order valence-electron chi connectivity index (χ4n) is 3.46. The van der Waals surface area contributed by atoms with E-state index >= 15 is 0 Å². The lowest BCUT2D eigenvalue weighted by Gasteiger charge is -2.49. The van der Waals surface area contributed by atoms with Gasteiger partial charge in [-0.1, -0.05) is 38.3 Å². The highest BCUT2D eigenvalue weighted by atomic mass is 15.2. The molecule has 1 unspecified atom stereocenters. The van der Waals surface area contributed by atoms with Crippen molar-refractivity contribution in [2.24, 2.45) is 0 Å². The molecule has 0 aromatic rings. The Bertz CT molecular complexity index is 254. The van der Waals surface area contributed by atoms with E-state index < -0.39 is 0 Å². The van der Waals surface area contributed by atoms with Crippen LogP contribution in [0.3, 0.4) is 0 Å². The second kappa shape index (κ2) is 6.01. The second-order valence-electron chi connectivity index (χ2n) is 5.78. The Morgan fingerprint density at radius 3 is 2.71 bits per heavy atom. The third kappa shape index (κ3) is 3.11. The number of allylic oxidation sites excluding steroid dienone is 1. The van der Waals surface area contributed by atoms with Gasteiger partial charge in [0.15, 0.2) is 0 Å². The molecule has 0 bridgehead atoms. The number of nitrogens with one attached hydrogen (secondary N) is 1. The number of piperazine rings is 1. The first-order chi connectivity index (χ1) is 8.29. The van der Waals surface area contributed by atoms with E-state index in [4.69, 9.17) is 0 Å². The van der Waals surface area contributed by atoms with Gasteiger partial charge in [0.05, 0.1) is 0 Å². The molecule has 2 heteroatoms. The smallest absolute Gasteiger partial charge is 0.0309 e. The topological polar surface area (TPSA) is 15.3 Å². The zero-order chi connectivity index (χ0) is 12.1. The maximum absolute atomic E-state index is 3.88. The summed E-state index contributed by atoms with van der Waals surface area (Å²) < 4.78 is 0. The number of nitrogens with zero attached hydrogens (tertiary/aromatic N) is 1. The van der Waals surface area contributed by atoms with Gasteiger partial charge in [0.2, 0.25) is 0 Å². The predicted molar refractivity (Wildman–Crippen MR) is 74.3 cm³/mol. The van der Waals surface area contributed by atoms with Crippen molar-refractivity contribution in [3.63, 3.8) is 0 Å². The zero-order valence-electron chi connectivity index (χ0n) is 11.5. The lowest BCUT2D eigenvalue weighted by Crippen LogP contribution is -2.64. The lowest BCUT2D eigenvalue weighted by atomic mass is 9.79. The average Bonchev–Trinajstić information content (AvgIpc) is 2.37. The van der Waals surface area contributed by atoms with Gasteiger partial charge in [0.25, 0.3) is 0 Å². The Labute approximate surface area is 106 Å². The van der Waals surface area contributed by atoms with E-state index in [9.17, 15) is 0 Å². The standard InChI is InChI=1S/C15H28N2/c1-3-5-11-17-13-15(9-7-6-8-10-15)16-12-14(17)4-2/h3,5,14,16H,4,6-13H2,1-2H3/b5-3+. The largest absolute Gasteiger partial charge is 0.308 e. The maximum atomic E-state index is 3.88. The molecular weight excluding hydrogens is 208 g/mol. The molecule has 98 valence electrons. The van der Waals surface area contributed by atoms with Gasteiger partial charge in [-0.3, -0.25) is 4.90 Å². The Balaban J connectivity index is 1.99. The maximum Gasteiger partial charge on any atom is 0.0309 e. The highest BCUT2D eigenvalue weighted by molar-refractivity contribution is 5.01. The first kappa shape index (κ1) is 13.1. The number of hydrogen-bond acceptors (Lipinski definition) is 2. The van der Waals surface area contributed by atoms with Crippen molar-refractivity contribution in [3.8, 4) is 0 Å². The van der Waals surface area contributed by atoms with Crippen molar-refractivity contribution in [1.29, 1.82) is 0 Å². The van der Waals surface area contributed by atoms with Gasteiger partial charge in [-0.05, 0) is 26.2 Å². The monoisotopic (exact) mass is 236 g/mol. The van der Waals surface area contributed by atoms with E-state index in [-0.39, 0.29) is 0 Å². The zero-order valence-corrected chi connectivity index (χ0v) is 11.5. The molecule has 2 aliphatic rings. The quantitative estimate of drug-likeness (QED) is 0.758. The van der Waals surface area contributed by atoms with Gasteiger partial charge in [-0.15, -0.1) is 0 Å². The number of rotatable bonds is 3. The van der Waals surface area contributed by atoms with Crippen LogP contribution in [0.1, 0.15) is 52.4 Å². The Morgan fingerprint density at radius 1 is 1.29 bits per heavy atom. The molecule has 2 nitrogen and oxygen atoms in total. The molecule has 1 saturated heterocycles. The minimum Gasteiger partial charge on any atom is -0.308 e. The normalized spacial score (nSPS) is 30.1. The van der Waals surface area contributed by atoms with Crippen LogP contribution in [0.15, 0.2) is 12.2 Å². The van der Waals surface area contributed by atoms with Gasteiger partial charge in [0, 0.05) is 31.2 Å². The molecule has 0 aromatic carbocycles. The van der Waals surface area contributed by atoms with Crippen molar-refractivity contribution in [3.05, 3.63) is 12.2 Å². The fourth-order valence-corrected chi connectivity index (χ4v) is 3.46. The van der Waals surface area contributed by atoms with E-state index in [1.54, 1.807) is 0 Å². The van der Waals surface area contributed by atoms with Crippen LogP contribution in [0.2, 0.25) is 0 Å². The second-order valence-corrected chi connectivity index (χ2v) is 5.78. The van der Waals surface area contributed by atoms with Crippen molar-refractivity contribution in [2.45, 2.75) is 64.0 Å². The molecular formula is C15H28N2. The van der Waals surface area contributed by atoms with Crippen LogP contribution in [0.4, 0.5) is 0 Å². The molecule has 0 amide bonds. The van der Waals surface area contributed by atoms with E-state index in [2.05, 4.69) is 36.2 Å². The first-order valence-electron chi connectivity index (χ1n) is 7.40. The molecule has 1 aliphatic carbocycles. The summed E-state index contributed by atoms with van der Waals surface area (Å²) in [6.07, 6.45) is 12.8. The lowest BCUT2D eigenvalue weighted by molar-refractivity contribution is 0.0629. The van der Waals surface area contributed by atoms with Crippen LogP contribution in [0, 0.1) is 0 Å². The summed E-state index contributed by atoms with van der Waals surface area (Å²) in [7, 11) is 0. The minimum absolute atomic E-state index is 0.450. The van der Waals surface area contributed by atoms with Gasteiger partial charge < -0.3 is 5.32 Å². The molecule has 0 radical (unpaired) electrons. The van der Waals surface area contributed by atoms with Crippen LogP contribution >= 0.6 is 0 Å². The van der Waals surface area contributed by atoms with Crippen LogP contribution in [-0.2, 0) is 0 Å². The SMILES string of the molecule is C/C=C/CN1CC2(CCCCC2)NCC1CC. The molecule has 1 saturated carbocycles. The highest BCUT2D eigenvalue weighted by Crippen LogP contribution is 2.32. The molecule has 1 N–H and O–H groups in total. The summed E-state index contributed by atoms with van der Waals surface area (Å²) in [6.45, 7) is 8.02. The summed E-state index contributed by atoms with van der Waals surface area (Å²) in [5, 5.41) is 3.88. The van der Waals surface area contributed by atoms with E-state index in [1.165, 1.54) is 51.6 Å². The Morgan fingerprint density at radius 2 is 2.06 bits per heavy atom. The highest BCUT2D eigenvalue weighted by Gasteiger charge is 2.38. The Hall–Kier alpha value is -0.340. The third-order valence-electron chi connectivity index (χ3n) is 4.59. The van der Waals surface area contributed by atoms with E-state index in [0.29, 0.717) is 5.54 Å². The van der Waals surface area contributed by atoms with Crippen molar-refractivity contribution < 1.29 is 0 Å². The van der Waals surface area contributed by atoms with Crippen molar-refractivity contribution >= 4 is 0 Å². The van der Waals surface area contributed by atoms with Crippen molar-refractivity contribution in [1.82, 2.24) is 10.2 Å². The first-order valence-corrected chi connectivity index (χ1v) is 7.40. The van der Waals surface area contributed by atoms with E-state index in [0.717, 1.165) is 12.6 Å². The molecule has 1 spiro atoms. The average molecular weight is 236 g/mol. The van der Waals surface area contributed by atoms with Gasteiger partial charge in [0.1, 0.15) is 0 Å². The molecule has 1 aliphatic heterocycles. The number of hydrogen-bond donors (Lipinski definition) is 1. The summed E-state index contributed by atoms with van der Waals surface area (Å²) in [4.78, 5) is 2.70. The van der Waals surface area contributed by atoms with Crippen LogP contribution in [0.5, 0.6) is 0 Å². The van der Waals surface area contributed by atoms with Crippen LogP contribution in [-0.4, -0.2) is 36.1 Å². The van der Waals surface area contributed by atoms with Crippen LogP contribution < -0.4 is 5.32 Å². The summed E-state index contributed by atoms with van der Waals surface area (Å²) >= 11 is 0. The third-order valence-corrected chi connectivity index (χ3v) is 4.59. The predicted octanol–water partition coefficient (Wildman–Crippen LogP) is 2.95. The minimum atomic E-state index is 0.450. The van der Waals surface area contributed by atoms with Gasteiger partial charge >= 0.3 is 0 Å². The summed E-state index contributed by atoms with van der Waals surface area (Å²) in [5.74, 6) is 0.